The maximum atomic E-state index is 13.0. The topological polar surface area (TPSA) is 21.3 Å². The summed E-state index contributed by atoms with van der Waals surface area (Å²) in [7, 11) is 1.94. The molecule has 0 saturated heterocycles. The van der Waals surface area contributed by atoms with Crippen molar-refractivity contribution in [2.75, 3.05) is 20.3 Å². The molecule has 0 amide bonds. The Labute approximate surface area is 110 Å². The summed E-state index contributed by atoms with van der Waals surface area (Å²) in [6.07, 6.45) is 1.02. The van der Waals surface area contributed by atoms with Crippen molar-refractivity contribution in [1.29, 1.82) is 0 Å². The van der Waals surface area contributed by atoms with Crippen molar-refractivity contribution in [3.8, 4) is 0 Å². The van der Waals surface area contributed by atoms with Gasteiger partial charge in [0.25, 0.3) is 0 Å². The van der Waals surface area contributed by atoms with Crippen LogP contribution in [0, 0.1) is 5.82 Å². The van der Waals surface area contributed by atoms with Crippen molar-refractivity contribution in [2.24, 2.45) is 0 Å². The predicted molar refractivity (Wildman–Crippen MR) is 73.4 cm³/mol. The molecule has 1 rings (SSSR count). The maximum absolute atomic E-state index is 13.0. The van der Waals surface area contributed by atoms with Crippen LogP contribution in [0.5, 0.6) is 0 Å². The minimum atomic E-state index is -0.196. The number of nitrogens with one attached hydrogen (secondary N) is 1. The molecular formula is C15H24FNO. The lowest BCUT2D eigenvalue weighted by atomic mass is 9.78. The van der Waals surface area contributed by atoms with E-state index in [0.717, 1.165) is 18.6 Å². The van der Waals surface area contributed by atoms with Crippen molar-refractivity contribution in [3.05, 3.63) is 35.6 Å². The lowest BCUT2D eigenvalue weighted by Gasteiger charge is -2.34. The molecule has 1 unspecified atom stereocenters. The van der Waals surface area contributed by atoms with E-state index in [1.165, 1.54) is 12.1 Å². The highest BCUT2D eigenvalue weighted by Gasteiger charge is 2.30. The van der Waals surface area contributed by atoms with Gasteiger partial charge < -0.3 is 10.1 Å². The Morgan fingerprint density at radius 3 is 2.39 bits per heavy atom. The number of hydrogen-bond acceptors (Lipinski definition) is 2. The van der Waals surface area contributed by atoms with Crippen LogP contribution in [0.3, 0.4) is 0 Å². The molecule has 0 aliphatic carbocycles. The van der Waals surface area contributed by atoms with E-state index in [1.54, 1.807) is 0 Å². The molecule has 0 saturated carbocycles. The minimum absolute atomic E-state index is 0.101. The third kappa shape index (κ3) is 3.79. The number of likely N-dealkylation sites (N-methyl/N-ethyl adjacent to an activating group) is 1. The summed E-state index contributed by atoms with van der Waals surface area (Å²) < 4.78 is 18.6. The largest absolute Gasteiger partial charge is 0.380 e. The smallest absolute Gasteiger partial charge is 0.123 e. The highest BCUT2D eigenvalue weighted by Crippen LogP contribution is 2.27. The summed E-state index contributed by atoms with van der Waals surface area (Å²) in [5.41, 5.74) is 1.01. The Kier molecular flexibility index (Phi) is 5.76. The second kappa shape index (κ2) is 6.86. The van der Waals surface area contributed by atoms with Crippen molar-refractivity contribution < 1.29 is 9.13 Å². The third-order valence-electron chi connectivity index (χ3n) is 3.44. The normalized spacial score (nSPS) is 13.6. The monoisotopic (exact) mass is 253 g/mol. The zero-order valence-corrected chi connectivity index (χ0v) is 11.8. The highest BCUT2D eigenvalue weighted by molar-refractivity contribution is 5.26. The van der Waals surface area contributed by atoms with Gasteiger partial charge in [-0.05, 0) is 31.2 Å². The van der Waals surface area contributed by atoms with E-state index in [4.69, 9.17) is 4.74 Å². The Hall–Kier alpha value is -0.930. The van der Waals surface area contributed by atoms with Crippen molar-refractivity contribution >= 4 is 0 Å². The second-order valence-corrected chi connectivity index (χ2v) is 5.14. The van der Waals surface area contributed by atoms with Gasteiger partial charge in [0.2, 0.25) is 0 Å². The quantitative estimate of drug-likeness (QED) is 0.754. The zero-order valence-electron chi connectivity index (χ0n) is 11.8. The van der Waals surface area contributed by atoms with Crippen LogP contribution in [0.2, 0.25) is 0 Å². The van der Waals surface area contributed by atoms with Crippen molar-refractivity contribution in [3.63, 3.8) is 0 Å². The molecule has 1 aromatic rings. The molecule has 0 aliphatic rings. The molecule has 2 nitrogen and oxygen atoms in total. The van der Waals surface area contributed by atoms with E-state index in [2.05, 4.69) is 26.1 Å². The van der Waals surface area contributed by atoms with E-state index in [1.807, 2.05) is 19.2 Å². The van der Waals surface area contributed by atoms with Crippen molar-refractivity contribution in [1.82, 2.24) is 5.32 Å². The van der Waals surface area contributed by atoms with Gasteiger partial charge in [-0.25, -0.2) is 4.39 Å². The molecule has 0 aromatic heterocycles. The molecule has 0 radical (unpaired) electrons. The fraction of sp³-hybridized carbons (Fsp3) is 0.600. The Balaban J connectivity index is 2.77. The molecule has 1 aromatic carbocycles. The molecule has 0 aliphatic heterocycles. The summed E-state index contributed by atoms with van der Waals surface area (Å²) in [5.74, 6) is -0.196. The number of ether oxygens (including phenoxy) is 1. The summed E-state index contributed by atoms with van der Waals surface area (Å²) >= 11 is 0. The number of halogens is 1. The molecule has 0 spiro atoms. The van der Waals surface area contributed by atoms with Crippen LogP contribution < -0.4 is 5.32 Å². The van der Waals surface area contributed by atoms with Crippen LogP contribution in [-0.2, 0) is 10.2 Å². The van der Waals surface area contributed by atoms with E-state index < -0.39 is 0 Å². The molecular weight excluding hydrogens is 229 g/mol. The van der Waals surface area contributed by atoms with Crippen LogP contribution in [0.4, 0.5) is 4.39 Å². The molecule has 1 N–H and O–H groups in total. The first-order valence-electron chi connectivity index (χ1n) is 6.53. The number of hydrogen-bond donors (Lipinski definition) is 1. The van der Waals surface area contributed by atoms with Gasteiger partial charge >= 0.3 is 0 Å². The summed E-state index contributed by atoms with van der Waals surface area (Å²) in [6.45, 7) is 7.83. The third-order valence-corrected chi connectivity index (χ3v) is 3.44. The Morgan fingerprint density at radius 2 is 1.89 bits per heavy atom. The van der Waals surface area contributed by atoms with E-state index >= 15 is 0 Å². The van der Waals surface area contributed by atoms with Gasteiger partial charge in [0.15, 0.2) is 0 Å². The SMILES string of the molecule is CCCOCC(NC)C(C)(C)c1ccc(F)cc1. The van der Waals surface area contributed by atoms with Crippen LogP contribution in [0.25, 0.3) is 0 Å². The summed E-state index contributed by atoms with van der Waals surface area (Å²) in [5, 5.41) is 3.30. The Bertz CT molecular complexity index is 348. The van der Waals surface area contributed by atoms with Crippen LogP contribution >= 0.6 is 0 Å². The fourth-order valence-corrected chi connectivity index (χ4v) is 2.08. The fourth-order valence-electron chi connectivity index (χ4n) is 2.08. The number of benzene rings is 1. The first-order chi connectivity index (χ1) is 8.52. The maximum Gasteiger partial charge on any atom is 0.123 e. The zero-order chi connectivity index (χ0) is 13.6. The molecule has 0 heterocycles. The lowest BCUT2D eigenvalue weighted by molar-refractivity contribution is 0.0931. The van der Waals surface area contributed by atoms with Crippen LogP contribution in [0.1, 0.15) is 32.8 Å². The second-order valence-electron chi connectivity index (χ2n) is 5.14. The summed E-state index contributed by atoms with van der Waals surface area (Å²) in [6, 6.07) is 6.92. The van der Waals surface area contributed by atoms with E-state index in [9.17, 15) is 4.39 Å². The average molecular weight is 253 g/mol. The van der Waals surface area contributed by atoms with E-state index in [-0.39, 0.29) is 17.3 Å². The van der Waals surface area contributed by atoms with Gasteiger partial charge in [0, 0.05) is 18.1 Å². The van der Waals surface area contributed by atoms with Gasteiger partial charge in [0.1, 0.15) is 5.82 Å². The molecule has 3 heteroatoms. The van der Waals surface area contributed by atoms with Crippen molar-refractivity contribution in [2.45, 2.75) is 38.6 Å². The van der Waals surface area contributed by atoms with Crippen LogP contribution in [-0.4, -0.2) is 26.3 Å². The number of rotatable bonds is 7. The molecule has 0 fully saturated rings. The molecule has 1 atom stereocenters. The highest BCUT2D eigenvalue weighted by atomic mass is 19.1. The van der Waals surface area contributed by atoms with Gasteiger partial charge in [-0.15, -0.1) is 0 Å². The Morgan fingerprint density at radius 1 is 1.28 bits per heavy atom. The first-order valence-corrected chi connectivity index (χ1v) is 6.53. The predicted octanol–water partition coefficient (Wildman–Crippen LogP) is 3.12. The lowest BCUT2D eigenvalue weighted by Crippen LogP contribution is -2.46. The van der Waals surface area contributed by atoms with Gasteiger partial charge in [-0.2, -0.15) is 0 Å². The average Bonchev–Trinajstić information content (AvgIpc) is 2.35. The molecule has 18 heavy (non-hydrogen) atoms. The first kappa shape index (κ1) is 15.1. The van der Waals surface area contributed by atoms with Gasteiger partial charge in [-0.1, -0.05) is 32.9 Å². The van der Waals surface area contributed by atoms with Crippen LogP contribution in [0.15, 0.2) is 24.3 Å². The van der Waals surface area contributed by atoms with Gasteiger partial charge in [0.05, 0.1) is 6.61 Å². The van der Waals surface area contributed by atoms with Gasteiger partial charge in [-0.3, -0.25) is 0 Å². The molecule has 0 bridgehead atoms. The molecule has 102 valence electrons. The van der Waals surface area contributed by atoms with E-state index in [0.29, 0.717) is 6.61 Å². The summed E-state index contributed by atoms with van der Waals surface area (Å²) in [4.78, 5) is 0. The standard InChI is InChI=1S/C15H24FNO/c1-5-10-18-11-14(17-4)15(2,3)12-6-8-13(16)9-7-12/h6-9,14,17H,5,10-11H2,1-4H3. The minimum Gasteiger partial charge on any atom is -0.380 e.